The van der Waals surface area contributed by atoms with Crippen LogP contribution in [-0.4, -0.2) is 32.9 Å². The second kappa shape index (κ2) is 12.0. The zero-order chi connectivity index (χ0) is 23.9. The van der Waals surface area contributed by atoms with Gasteiger partial charge in [-0.1, -0.05) is 35.3 Å². The number of benzene rings is 3. The maximum Gasteiger partial charge on any atom is 0.175 e. The Bertz CT molecular complexity index is 1120. The van der Waals surface area contributed by atoms with Gasteiger partial charge < -0.3 is 24.4 Å². The van der Waals surface area contributed by atoms with Gasteiger partial charge in [-0.3, -0.25) is 0 Å². The molecule has 1 heterocycles. The quantitative estimate of drug-likeness (QED) is 0.297. The number of ether oxygens (including phenoxy) is 3. The number of anilines is 2. The average molecular weight is 566 g/mol. The van der Waals surface area contributed by atoms with E-state index in [1.54, 1.807) is 0 Å². The highest BCUT2D eigenvalue weighted by Crippen LogP contribution is 2.38. The zero-order valence-corrected chi connectivity index (χ0v) is 22.0. The highest BCUT2D eigenvalue weighted by molar-refractivity contribution is 9.10. The third-order valence-corrected chi connectivity index (χ3v) is 6.56. The van der Waals surface area contributed by atoms with Gasteiger partial charge in [0.15, 0.2) is 11.5 Å². The van der Waals surface area contributed by atoms with Crippen molar-refractivity contribution in [3.05, 3.63) is 80.2 Å². The molecule has 3 aromatic rings. The lowest BCUT2D eigenvalue weighted by molar-refractivity contribution is 0.122. The van der Waals surface area contributed by atoms with Crippen LogP contribution in [0.25, 0.3) is 0 Å². The average Bonchev–Trinajstić information content (AvgIpc) is 2.83. The molecule has 1 aliphatic heterocycles. The monoisotopic (exact) mass is 564 g/mol. The summed E-state index contributed by atoms with van der Waals surface area (Å²) >= 11 is 16.3. The van der Waals surface area contributed by atoms with Crippen molar-refractivity contribution in [2.75, 3.05) is 43.1 Å². The molecule has 5 nitrogen and oxygen atoms in total. The molecule has 1 N–H and O–H groups in total. The number of hydrogen-bond donors (Lipinski definition) is 1. The van der Waals surface area contributed by atoms with E-state index in [2.05, 4.69) is 38.3 Å². The summed E-state index contributed by atoms with van der Waals surface area (Å²) in [6.45, 7) is 6.66. The minimum Gasteiger partial charge on any atom is -0.490 e. The number of halogens is 3. The first-order valence-electron chi connectivity index (χ1n) is 11.2. The van der Waals surface area contributed by atoms with E-state index in [9.17, 15) is 0 Å². The van der Waals surface area contributed by atoms with Crippen molar-refractivity contribution >= 4 is 50.5 Å². The maximum absolute atomic E-state index is 6.58. The smallest absolute Gasteiger partial charge is 0.175 e. The minimum absolute atomic E-state index is 0.394. The van der Waals surface area contributed by atoms with Gasteiger partial charge in [-0.25, -0.2) is 0 Å². The van der Waals surface area contributed by atoms with Crippen molar-refractivity contribution < 1.29 is 14.2 Å². The molecule has 8 heteroatoms. The Morgan fingerprint density at radius 1 is 1.00 bits per heavy atom. The third-order valence-electron chi connectivity index (χ3n) is 5.44. The molecule has 3 aromatic carbocycles. The van der Waals surface area contributed by atoms with Crippen LogP contribution in [0, 0.1) is 0 Å². The standard InChI is InChI=1S/C26H27BrCl2N2O3/c1-2-33-25-14-19(13-22(27)26(25)34-17-18-4-3-5-20(28)12-18)16-30-21-6-7-24(23(29)15-21)31-8-10-32-11-9-31/h3-7,12-15,30H,2,8-11,16-17H2,1H3. The lowest BCUT2D eigenvalue weighted by Gasteiger charge is -2.29. The number of nitrogens with one attached hydrogen (secondary N) is 1. The van der Waals surface area contributed by atoms with Gasteiger partial charge in [-0.15, -0.1) is 0 Å². The zero-order valence-electron chi connectivity index (χ0n) is 19.0. The van der Waals surface area contributed by atoms with E-state index in [0.29, 0.717) is 36.3 Å². The van der Waals surface area contributed by atoms with Gasteiger partial charge in [0.05, 0.1) is 35.0 Å². The normalized spacial score (nSPS) is 13.6. The Hall–Kier alpha value is -2.12. The first-order chi connectivity index (χ1) is 16.5. The summed E-state index contributed by atoms with van der Waals surface area (Å²) < 4.78 is 18.2. The van der Waals surface area contributed by atoms with Gasteiger partial charge in [0.2, 0.25) is 0 Å². The minimum atomic E-state index is 0.394. The van der Waals surface area contributed by atoms with E-state index in [0.717, 1.165) is 58.3 Å². The third kappa shape index (κ3) is 6.51. The van der Waals surface area contributed by atoms with Crippen LogP contribution in [0.3, 0.4) is 0 Å². The van der Waals surface area contributed by atoms with Crippen LogP contribution in [0.1, 0.15) is 18.1 Å². The van der Waals surface area contributed by atoms with Crippen molar-refractivity contribution in [1.82, 2.24) is 0 Å². The van der Waals surface area contributed by atoms with Crippen LogP contribution in [0.15, 0.2) is 59.1 Å². The van der Waals surface area contributed by atoms with Crippen LogP contribution in [0.5, 0.6) is 11.5 Å². The Balaban J connectivity index is 1.44. The highest BCUT2D eigenvalue weighted by atomic mass is 79.9. The molecule has 0 saturated carbocycles. The second-order valence-corrected chi connectivity index (χ2v) is 9.57. The van der Waals surface area contributed by atoms with Gasteiger partial charge >= 0.3 is 0 Å². The van der Waals surface area contributed by atoms with E-state index in [1.807, 2.05) is 49.4 Å². The first kappa shape index (κ1) is 25.0. The molecule has 34 heavy (non-hydrogen) atoms. The summed E-state index contributed by atoms with van der Waals surface area (Å²) in [5.74, 6) is 1.36. The van der Waals surface area contributed by atoms with E-state index in [-0.39, 0.29) is 0 Å². The van der Waals surface area contributed by atoms with Crippen molar-refractivity contribution in [2.45, 2.75) is 20.1 Å². The molecule has 0 amide bonds. The number of nitrogens with zero attached hydrogens (tertiary/aromatic N) is 1. The molecule has 0 atom stereocenters. The fourth-order valence-corrected chi connectivity index (χ4v) is 4.91. The van der Waals surface area contributed by atoms with Gasteiger partial charge in [0.1, 0.15) is 6.61 Å². The number of hydrogen-bond acceptors (Lipinski definition) is 5. The van der Waals surface area contributed by atoms with Gasteiger partial charge in [0.25, 0.3) is 0 Å². The fourth-order valence-electron chi connectivity index (χ4n) is 3.79. The second-order valence-electron chi connectivity index (χ2n) is 7.88. The molecule has 1 aliphatic rings. The topological polar surface area (TPSA) is 43.0 Å². The molecule has 4 rings (SSSR count). The lowest BCUT2D eigenvalue weighted by Crippen LogP contribution is -2.36. The summed E-state index contributed by atoms with van der Waals surface area (Å²) in [5.41, 5.74) is 4.04. The summed E-state index contributed by atoms with van der Waals surface area (Å²) in [5, 5.41) is 4.87. The van der Waals surface area contributed by atoms with Gasteiger partial charge in [-0.05, 0) is 76.4 Å². The van der Waals surface area contributed by atoms with Crippen LogP contribution in [0.4, 0.5) is 11.4 Å². The molecule has 1 saturated heterocycles. The molecular weight excluding hydrogens is 539 g/mol. The maximum atomic E-state index is 6.58. The largest absolute Gasteiger partial charge is 0.490 e. The fraction of sp³-hybridized carbons (Fsp3) is 0.308. The Morgan fingerprint density at radius 3 is 2.56 bits per heavy atom. The predicted molar refractivity (Wildman–Crippen MR) is 143 cm³/mol. The Labute approximate surface area is 219 Å². The van der Waals surface area contributed by atoms with E-state index in [4.69, 9.17) is 37.4 Å². The Kier molecular flexibility index (Phi) is 8.84. The first-order valence-corrected chi connectivity index (χ1v) is 12.8. The van der Waals surface area contributed by atoms with Gasteiger partial charge in [0, 0.05) is 30.3 Å². The lowest BCUT2D eigenvalue weighted by atomic mass is 10.2. The summed E-state index contributed by atoms with van der Waals surface area (Å²) in [7, 11) is 0. The van der Waals surface area contributed by atoms with E-state index >= 15 is 0 Å². The van der Waals surface area contributed by atoms with E-state index in [1.165, 1.54) is 0 Å². The van der Waals surface area contributed by atoms with Crippen molar-refractivity contribution in [3.8, 4) is 11.5 Å². The van der Waals surface area contributed by atoms with Crippen LogP contribution in [-0.2, 0) is 17.9 Å². The van der Waals surface area contributed by atoms with E-state index < -0.39 is 0 Å². The number of rotatable bonds is 9. The van der Waals surface area contributed by atoms with Crippen LogP contribution >= 0.6 is 39.1 Å². The summed E-state index contributed by atoms with van der Waals surface area (Å²) in [6.07, 6.45) is 0. The van der Waals surface area contributed by atoms with Crippen molar-refractivity contribution in [2.24, 2.45) is 0 Å². The highest BCUT2D eigenvalue weighted by Gasteiger charge is 2.15. The molecule has 0 aromatic heterocycles. The molecule has 180 valence electrons. The SMILES string of the molecule is CCOc1cc(CNc2ccc(N3CCOCC3)c(Cl)c2)cc(Br)c1OCc1cccc(Cl)c1. The molecule has 0 bridgehead atoms. The molecule has 0 aliphatic carbocycles. The van der Waals surface area contributed by atoms with Crippen LogP contribution < -0.4 is 19.7 Å². The molecule has 0 spiro atoms. The molecule has 0 radical (unpaired) electrons. The van der Waals surface area contributed by atoms with Crippen LogP contribution in [0.2, 0.25) is 10.0 Å². The molecular formula is C26H27BrCl2N2O3. The predicted octanol–water partition coefficient (Wildman–Crippen LogP) is 7.18. The summed E-state index contributed by atoms with van der Waals surface area (Å²) in [6, 6.07) is 17.7. The summed E-state index contributed by atoms with van der Waals surface area (Å²) in [4.78, 5) is 2.25. The van der Waals surface area contributed by atoms with Crippen molar-refractivity contribution in [3.63, 3.8) is 0 Å². The number of morpholine rings is 1. The molecule has 1 fully saturated rings. The Morgan fingerprint density at radius 2 is 1.82 bits per heavy atom. The van der Waals surface area contributed by atoms with Crippen molar-refractivity contribution in [1.29, 1.82) is 0 Å². The van der Waals surface area contributed by atoms with Gasteiger partial charge in [-0.2, -0.15) is 0 Å². The molecule has 0 unspecified atom stereocenters.